The Labute approximate surface area is 200 Å². The Morgan fingerprint density at radius 3 is 2.48 bits per heavy atom. The number of nitrogens with one attached hydrogen (secondary N) is 1. The molecule has 1 saturated heterocycles. The molecule has 0 atom stereocenters. The number of benzene rings is 2. The van der Waals surface area contributed by atoms with Gasteiger partial charge in [0, 0.05) is 28.7 Å². The van der Waals surface area contributed by atoms with Crippen LogP contribution in [0.25, 0.3) is 0 Å². The number of ether oxygens (including phenoxy) is 1. The fourth-order valence-corrected chi connectivity index (χ4v) is 2.88. The molecule has 2 aromatic rings. The molecule has 2 aromatic carbocycles. The van der Waals surface area contributed by atoms with Crippen molar-refractivity contribution in [2.24, 2.45) is 5.92 Å². The molecule has 2 amide bonds. The minimum atomic E-state index is -3.11. The quantitative estimate of drug-likeness (QED) is 0.652. The van der Waals surface area contributed by atoms with Gasteiger partial charge in [0.15, 0.2) is 0 Å². The number of piperidine rings is 1. The molecule has 1 N–H and O–H groups in total. The maximum Gasteiger partial charge on any atom is 0.318 e. The van der Waals surface area contributed by atoms with Crippen molar-refractivity contribution in [3.63, 3.8) is 0 Å². The van der Waals surface area contributed by atoms with E-state index in [1.54, 1.807) is 13.8 Å². The SMILES string of the molecule is [2H]C([2H])(NC(=O)N(Cc1ccc(F)cc1)C1CC([2H])([2H])N(C([2H])([2H])[2H])C([2H])([2H])C1)c1ccc(OC([2H])([2H])C(C)C)cc1. The first kappa shape index (κ1) is 12.4. The lowest BCUT2D eigenvalue weighted by Gasteiger charge is -2.37. The minimum Gasteiger partial charge on any atom is -0.493 e. The summed E-state index contributed by atoms with van der Waals surface area (Å²) in [5.74, 6) is -0.861. The summed E-state index contributed by atoms with van der Waals surface area (Å²) in [6.45, 7) is -9.96. The van der Waals surface area contributed by atoms with E-state index in [9.17, 15) is 9.18 Å². The summed E-state index contributed by atoms with van der Waals surface area (Å²) in [5, 5.41) is 2.25. The van der Waals surface area contributed by atoms with Crippen LogP contribution in [-0.4, -0.2) is 48.4 Å². The van der Waals surface area contributed by atoms with Gasteiger partial charge in [0.25, 0.3) is 0 Å². The van der Waals surface area contributed by atoms with Gasteiger partial charge in [-0.3, -0.25) is 0 Å². The number of urea groups is 1. The second-order valence-corrected chi connectivity index (χ2v) is 7.42. The number of likely N-dealkylation sites (tertiary alicyclic amines) is 1. The van der Waals surface area contributed by atoms with Crippen molar-refractivity contribution in [2.45, 2.75) is 45.8 Å². The van der Waals surface area contributed by atoms with Crippen molar-refractivity contribution in [3.05, 3.63) is 65.5 Å². The predicted octanol–water partition coefficient (Wildman–Crippen LogP) is 4.67. The third-order valence-electron chi connectivity index (χ3n) is 4.52. The second kappa shape index (κ2) is 11.1. The number of hydrogen-bond acceptors (Lipinski definition) is 3. The van der Waals surface area contributed by atoms with Gasteiger partial charge < -0.3 is 19.9 Å². The molecule has 168 valence electrons. The molecule has 0 unspecified atom stereocenters. The van der Waals surface area contributed by atoms with Crippen LogP contribution in [0, 0.1) is 11.7 Å². The maximum atomic E-state index is 13.6. The fraction of sp³-hybridized carbons (Fsp3) is 0.480. The van der Waals surface area contributed by atoms with Crippen molar-refractivity contribution in [1.82, 2.24) is 15.1 Å². The van der Waals surface area contributed by atoms with Gasteiger partial charge in [-0.2, -0.15) is 0 Å². The smallest absolute Gasteiger partial charge is 0.318 e. The normalized spacial score (nSPS) is 25.0. The van der Waals surface area contributed by atoms with Gasteiger partial charge in [0.2, 0.25) is 0 Å². The average Bonchev–Trinajstić information content (AvgIpc) is 2.80. The van der Waals surface area contributed by atoms with Gasteiger partial charge >= 0.3 is 6.03 Å². The van der Waals surface area contributed by atoms with E-state index in [1.165, 1.54) is 36.4 Å². The van der Waals surface area contributed by atoms with Gasteiger partial charge in [-0.05, 0) is 74.1 Å². The third-order valence-corrected chi connectivity index (χ3v) is 4.52. The van der Waals surface area contributed by atoms with Crippen LogP contribution < -0.4 is 10.1 Å². The van der Waals surface area contributed by atoms with Crippen LogP contribution in [0.4, 0.5) is 9.18 Å². The highest BCUT2D eigenvalue weighted by atomic mass is 19.1. The van der Waals surface area contributed by atoms with Crippen molar-refractivity contribution in [3.8, 4) is 5.75 Å². The molecule has 0 aromatic heterocycles. The molecule has 1 heterocycles. The first-order valence-corrected chi connectivity index (χ1v) is 9.98. The average molecular weight is 439 g/mol. The molecule has 5 nitrogen and oxygen atoms in total. The Morgan fingerprint density at radius 2 is 1.87 bits per heavy atom. The Hall–Kier alpha value is -2.60. The number of carbonyl (C=O) groups excluding carboxylic acids is 1. The summed E-state index contributed by atoms with van der Waals surface area (Å²) in [6.07, 6.45) is -1.18. The van der Waals surface area contributed by atoms with Crippen LogP contribution in [0.1, 0.15) is 52.9 Å². The highest BCUT2D eigenvalue weighted by molar-refractivity contribution is 5.74. The number of carbonyl (C=O) groups is 1. The Morgan fingerprint density at radius 1 is 1.23 bits per heavy atom. The van der Waals surface area contributed by atoms with Crippen LogP contribution in [0.5, 0.6) is 5.75 Å². The molecular formula is C25H34FN3O2. The summed E-state index contributed by atoms with van der Waals surface area (Å²) in [6, 6.07) is 8.12. The van der Waals surface area contributed by atoms with Crippen LogP contribution >= 0.6 is 0 Å². The maximum absolute atomic E-state index is 13.6. The van der Waals surface area contributed by atoms with E-state index < -0.39 is 69.7 Å². The van der Waals surface area contributed by atoms with Crippen LogP contribution in [-0.2, 0) is 13.0 Å². The van der Waals surface area contributed by atoms with Gasteiger partial charge in [-0.15, -0.1) is 0 Å². The lowest BCUT2D eigenvalue weighted by atomic mass is 10.0. The van der Waals surface area contributed by atoms with Gasteiger partial charge in [0.05, 0.1) is 12.0 Å². The molecule has 1 aliphatic rings. The molecule has 3 rings (SSSR count). The van der Waals surface area contributed by atoms with Crippen molar-refractivity contribution >= 4 is 6.03 Å². The first-order chi connectivity index (χ1) is 19.0. The molecule has 0 aliphatic carbocycles. The van der Waals surface area contributed by atoms with E-state index in [1.807, 2.05) is 0 Å². The van der Waals surface area contributed by atoms with Gasteiger partial charge in [0.1, 0.15) is 11.6 Å². The topological polar surface area (TPSA) is 44.8 Å². The van der Waals surface area contributed by atoms with Gasteiger partial charge in [-0.25, -0.2) is 9.18 Å². The number of rotatable bonds is 8. The molecule has 0 radical (unpaired) electrons. The second-order valence-electron chi connectivity index (χ2n) is 7.42. The molecule has 31 heavy (non-hydrogen) atoms. The van der Waals surface area contributed by atoms with E-state index in [2.05, 4.69) is 5.32 Å². The van der Waals surface area contributed by atoms with Crippen molar-refractivity contribution in [2.75, 3.05) is 26.5 Å². The predicted molar refractivity (Wildman–Crippen MR) is 121 cm³/mol. The lowest BCUT2D eigenvalue weighted by molar-refractivity contribution is 0.127. The summed E-state index contributed by atoms with van der Waals surface area (Å²) < 4.78 is 108. The molecule has 0 spiro atoms. The largest absolute Gasteiger partial charge is 0.493 e. The summed E-state index contributed by atoms with van der Waals surface area (Å²) in [5.41, 5.74) is 0.380. The Bertz CT molecular complexity index is 1220. The van der Waals surface area contributed by atoms with E-state index in [4.69, 9.17) is 19.8 Å². The zero-order valence-corrected chi connectivity index (χ0v) is 17.5. The number of amides is 2. The number of halogens is 1. The molecule has 6 heteroatoms. The van der Waals surface area contributed by atoms with E-state index in [0.717, 1.165) is 17.0 Å². The Kier molecular flexibility index (Phi) is 4.47. The van der Waals surface area contributed by atoms with Crippen LogP contribution in [0.15, 0.2) is 48.5 Å². The molecule has 0 bridgehead atoms. The highest BCUT2D eigenvalue weighted by Crippen LogP contribution is 2.19. The van der Waals surface area contributed by atoms with Crippen LogP contribution in [0.3, 0.4) is 0 Å². The Balaban J connectivity index is 1.90. The van der Waals surface area contributed by atoms with Crippen molar-refractivity contribution in [1.29, 1.82) is 0 Å². The van der Waals surface area contributed by atoms with Gasteiger partial charge in [-0.1, -0.05) is 38.1 Å². The minimum absolute atomic E-state index is 0.0158. The number of nitrogens with zero attached hydrogens (tertiary/aromatic N) is 2. The summed E-state index contributed by atoms with van der Waals surface area (Å²) >= 11 is 0. The van der Waals surface area contributed by atoms with E-state index >= 15 is 0 Å². The zero-order valence-electron chi connectivity index (χ0n) is 28.5. The van der Waals surface area contributed by atoms with Crippen molar-refractivity contribution < 1.29 is 29.0 Å². The summed E-state index contributed by atoms with van der Waals surface area (Å²) in [7, 11) is 0. The third kappa shape index (κ3) is 7.24. The first-order valence-electron chi connectivity index (χ1n) is 15.5. The van der Waals surface area contributed by atoms with E-state index in [0.29, 0.717) is 5.56 Å². The zero-order chi connectivity index (χ0) is 31.9. The fourth-order valence-electron chi connectivity index (χ4n) is 2.88. The highest BCUT2D eigenvalue weighted by Gasteiger charge is 2.27. The lowest BCUT2D eigenvalue weighted by Crippen LogP contribution is -2.49. The van der Waals surface area contributed by atoms with Crippen LogP contribution in [0.2, 0.25) is 0 Å². The monoisotopic (exact) mass is 438 g/mol. The molecule has 0 saturated carbocycles. The summed E-state index contributed by atoms with van der Waals surface area (Å²) in [4.78, 5) is 14.8. The van der Waals surface area contributed by atoms with E-state index in [-0.39, 0.29) is 22.8 Å². The standard InChI is InChI=1S/C25H34FN3O2/c1-19(2)18-31-24-10-6-20(7-11-24)16-27-25(30)29(23-12-14-28(3)15-13-23)17-21-4-8-22(26)9-5-21/h4-11,19,23H,12-18H2,1-3H3,(H,27,30)/i3D3,14D2,15D2,16D2,18D2. The molecule has 1 fully saturated rings. The molecular weight excluding hydrogens is 393 g/mol. The number of hydrogen-bond donors (Lipinski definition) is 1. The molecule has 1 aliphatic heterocycles.